The van der Waals surface area contributed by atoms with E-state index >= 15 is 0 Å². The molecule has 7 nitrogen and oxygen atoms in total. The standard InChI is InChI=1S/C22H24N4O3/c23-22(27)15-3-6-20-19(11-15)21(25-24-20)14-1-4-17(5-2-14)29-18-7-9-26(10-8-18)16-12-28-13-16/h1-6,11,16,18H,7-10,12-13H2,(H2,23,27)(H,24,25). The Morgan fingerprint density at radius 3 is 2.55 bits per heavy atom. The Morgan fingerprint density at radius 2 is 1.90 bits per heavy atom. The molecule has 2 fully saturated rings. The lowest BCUT2D eigenvalue weighted by molar-refractivity contribution is -0.0778. The Balaban J connectivity index is 1.27. The number of amides is 1. The van der Waals surface area contributed by atoms with Crippen LogP contribution in [0.5, 0.6) is 5.75 Å². The van der Waals surface area contributed by atoms with Crippen molar-refractivity contribution in [2.24, 2.45) is 5.73 Å². The summed E-state index contributed by atoms with van der Waals surface area (Å²) in [6, 6.07) is 13.9. The summed E-state index contributed by atoms with van der Waals surface area (Å²) in [4.78, 5) is 14.0. The maximum Gasteiger partial charge on any atom is 0.248 e. The van der Waals surface area contributed by atoms with E-state index in [1.165, 1.54) is 0 Å². The number of rotatable bonds is 5. The highest BCUT2D eigenvalue weighted by molar-refractivity contribution is 6.00. The normalized spacial score (nSPS) is 18.6. The summed E-state index contributed by atoms with van der Waals surface area (Å²) in [6.45, 7) is 3.88. The van der Waals surface area contributed by atoms with Gasteiger partial charge in [-0.1, -0.05) is 0 Å². The number of primary amides is 1. The summed E-state index contributed by atoms with van der Waals surface area (Å²) in [5.74, 6) is 0.426. The van der Waals surface area contributed by atoms with E-state index in [0.717, 1.165) is 67.1 Å². The highest BCUT2D eigenvalue weighted by atomic mass is 16.5. The van der Waals surface area contributed by atoms with Crippen LogP contribution >= 0.6 is 0 Å². The van der Waals surface area contributed by atoms with Crippen LogP contribution < -0.4 is 10.5 Å². The van der Waals surface area contributed by atoms with Crippen LogP contribution in [-0.4, -0.2) is 59.5 Å². The van der Waals surface area contributed by atoms with Crippen molar-refractivity contribution in [3.8, 4) is 17.0 Å². The molecule has 7 heteroatoms. The zero-order valence-electron chi connectivity index (χ0n) is 16.1. The molecular formula is C22H24N4O3. The molecule has 2 aromatic carbocycles. The average Bonchev–Trinajstić information content (AvgIpc) is 3.12. The van der Waals surface area contributed by atoms with E-state index < -0.39 is 5.91 Å². The van der Waals surface area contributed by atoms with Gasteiger partial charge in [-0.05, 0) is 55.3 Å². The molecule has 3 N–H and O–H groups in total. The van der Waals surface area contributed by atoms with Crippen LogP contribution in [0.25, 0.3) is 22.2 Å². The van der Waals surface area contributed by atoms with Gasteiger partial charge in [-0.25, -0.2) is 0 Å². The lowest BCUT2D eigenvalue weighted by Crippen LogP contribution is -2.52. The maximum atomic E-state index is 11.5. The Hall–Kier alpha value is -2.90. The molecule has 0 saturated carbocycles. The predicted molar refractivity (Wildman–Crippen MR) is 110 cm³/mol. The summed E-state index contributed by atoms with van der Waals surface area (Å²) in [7, 11) is 0. The van der Waals surface area contributed by atoms with Crippen LogP contribution in [0, 0.1) is 0 Å². The number of H-pyrrole nitrogens is 1. The predicted octanol–water partition coefficient (Wildman–Crippen LogP) is 2.57. The summed E-state index contributed by atoms with van der Waals surface area (Å²) < 4.78 is 11.5. The minimum Gasteiger partial charge on any atom is -0.490 e. The molecular weight excluding hydrogens is 368 g/mol. The number of hydrogen-bond donors (Lipinski definition) is 2. The molecule has 1 amide bonds. The van der Waals surface area contributed by atoms with E-state index in [9.17, 15) is 4.79 Å². The largest absolute Gasteiger partial charge is 0.490 e. The third kappa shape index (κ3) is 3.59. The van der Waals surface area contributed by atoms with E-state index in [4.69, 9.17) is 15.2 Å². The fourth-order valence-electron chi connectivity index (χ4n) is 4.06. The van der Waals surface area contributed by atoms with Crippen LogP contribution in [-0.2, 0) is 4.74 Å². The maximum absolute atomic E-state index is 11.5. The molecule has 0 radical (unpaired) electrons. The summed E-state index contributed by atoms with van der Waals surface area (Å²) in [5, 5.41) is 8.30. The third-order valence-electron chi connectivity index (χ3n) is 5.89. The zero-order valence-corrected chi connectivity index (χ0v) is 16.1. The van der Waals surface area contributed by atoms with E-state index in [2.05, 4.69) is 15.1 Å². The SMILES string of the molecule is NC(=O)c1ccc2[nH]nc(-c3ccc(OC4CCN(C5COC5)CC4)cc3)c2c1. The van der Waals surface area contributed by atoms with Crippen molar-refractivity contribution in [3.63, 3.8) is 0 Å². The second-order valence-corrected chi connectivity index (χ2v) is 7.77. The second-order valence-electron chi connectivity index (χ2n) is 7.77. The van der Waals surface area contributed by atoms with Gasteiger partial charge in [-0.2, -0.15) is 5.10 Å². The van der Waals surface area contributed by atoms with Gasteiger partial charge in [0, 0.05) is 29.6 Å². The average molecular weight is 392 g/mol. The number of piperidine rings is 1. The summed E-state index contributed by atoms with van der Waals surface area (Å²) in [5.41, 5.74) is 8.51. The molecule has 2 aliphatic heterocycles. The molecule has 1 aromatic heterocycles. The van der Waals surface area contributed by atoms with Crippen LogP contribution in [0.3, 0.4) is 0 Å². The molecule has 0 spiro atoms. The minimum absolute atomic E-state index is 0.252. The molecule has 3 aromatic rings. The summed E-state index contributed by atoms with van der Waals surface area (Å²) >= 11 is 0. The number of carbonyl (C=O) groups is 1. The van der Waals surface area contributed by atoms with Crippen molar-refractivity contribution in [2.45, 2.75) is 25.0 Å². The molecule has 3 heterocycles. The van der Waals surface area contributed by atoms with Gasteiger partial charge in [-0.15, -0.1) is 0 Å². The first kappa shape index (κ1) is 18.1. The van der Waals surface area contributed by atoms with Gasteiger partial charge in [0.1, 0.15) is 11.9 Å². The molecule has 2 aliphatic rings. The molecule has 0 atom stereocenters. The van der Waals surface area contributed by atoms with Crippen LogP contribution in [0.4, 0.5) is 0 Å². The number of carbonyl (C=O) groups excluding carboxylic acids is 1. The van der Waals surface area contributed by atoms with E-state index in [1.54, 1.807) is 12.1 Å². The number of nitrogens with zero attached hydrogens (tertiary/aromatic N) is 2. The van der Waals surface area contributed by atoms with Crippen molar-refractivity contribution >= 4 is 16.8 Å². The fraction of sp³-hybridized carbons (Fsp3) is 0.364. The molecule has 0 aliphatic carbocycles. The molecule has 150 valence electrons. The van der Waals surface area contributed by atoms with Gasteiger partial charge >= 0.3 is 0 Å². The second kappa shape index (κ2) is 7.50. The van der Waals surface area contributed by atoms with Gasteiger partial charge < -0.3 is 15.2 Å². The fourth-order valence-corrected chi connectivity index (χ4v) is 4.06. The minimum atomic E-state index is -0.446. The van der Waals surface area contributed by atoms with Crippen LogP contribution in [0.1, 0.15) is 23.2 Å². The lowest BCUT2D eigenvalue weighted by atomic mass is 10.0. The number of fused-ring (bicyclic) bond motifs is 1. The number of likely N-dealkylation sites (tertiary alicyclic amines) is 1. The van der Waals surface area contributed by atoms with Crippen molar-refractivity contribution in [3.05, 3.63) is 48.0 Å². The van der Waals surface area contributed by atoms with E-state index in [0.29, 0.717) is 11.6 Å². The number of nitrogens with two attached hydrogens (primary N) is 1. The van der Waals surface area contributed by atoms with Crippen molar-refractivity contribution in [1.82, 2.24) is 15.1 Å². The zero-order chi connectivity index (χ0) is 19.8. The van der Waals surface area contributed by atoms with Crippen LogP contribution in [0.15, 0.2) is 42.5 Å². The summed E-state index contributed by atoms with van der Waals surface area (Å²) in [6.07, 6.45) is 2.33. The molecule has 0 unspecified atom stereocenters. The molecule has 29 heavy (non-hydrogen) atoms. The topological polar surface area (TPSA) is 93.5 Å². The quantitative estimate of drug-likeness (QED) is 0.696. The van der Waals surface area contributed by atoms with Gasteiger partial charge in [0.05, 0.1) is 30.5 Å². The molecule has 2 saturated heterocycles. The van der Waals surface area contributed by atoms with E-state index in [-0.39, 0.29) is 6.10 Å². The van der Waals surface area contributed by atoms with Gasteiger partial charge in [0.15, 0.2) is 0 Å². The molecule has 5 rings (SSSR count). The number of benzene rings is 2. The number of hydrogen-bond acceptors (Lipinski definition) is 5. The Labute approximate surface area is 168 Å². The monoisotopic (exact) mass is 392 g/mol. The van der Waals surface area contributed by atoms with E-state index in [1.807, 2.05) is 30.3 Å². The third-order valence-corrected chi connectivity index (χ3v) is 5.89. The lowest BCUT2D eigenvalue weighted by Gasteiger charge is -2.41. The first-order chi connectivity index (χ1) is 14.2. The first-order valence-corrected chi connectivity index (χ1v) is 10.0. The Morgan fingerprint density at radius 1 is 1.14 bits per heavy atom. The smallest absolute Gasteiger partial charge is 0.248 e. The molecule has 0 bridgehead atoms. The number of aromatic nitrogens is 2. The van der Waals surface area contributed by atoms with Crippen molar-refractivity contribution < 1.29 is 14.3 Å². The van der Waals surface area contributed by atoms with Gasteiger partial charge in [0.2, 0.25) is 5.91 Å². The Kier molecular flexibility index (Phi) is 4.69. The highest BCUT2D eigenvalue weighted by Gasteiger charge is 2.30. The number of ether oxygens (including phenoxy) is 2. The number of nitrogens with one attached hydrogen (secondary N) is 1. The highest BCUT2D eigenvalue weighted by Crippen LogP contribution is 2.29. The van der Waals surface area contributed by atoms with Crippen molar-refractivity contribution in [1.29, 1.82) is 0 Å². The van der Waals surface area contributed by atoms with Gasteiger partial charge in [-0.3, -0.25) is 14.8 Å². The van der Waals surface area contributed by atoms with Gasteiger partial charge in [0.25, 0.3) is 0 Å². The van der Waals surface area contributed by atoms with Crippen LogP contribution in [0.2, 0.25) is 0 Å². The number of aromatic amines is 1. The first-order valence-electron chi connectivity index (χ1n) is 10.0. The van der Waals surface area contributed by atoms with Crippen molar-refractivity contribution in [2.75, 3.05) is 26.3 Å². The Bertz CT molecular complexity index is 1020.